The van der Waals surface area contributed by atoms with Gasteiger partial charge in [0.15, 0.2) is 0 Å². The van der Waals surface area contributed by atoms with E-state index in [9.17, 15) is 4.79 Å². The molecule has 0 aromatic carbocycles. The predicted molar refractivity (Wildman–Crippen MR) is 110 cm³/mol. The van der Waals surface area contributed by atoms with Gasteiger partial charge in [-0.05, 0) is 24.3 Å². The topological polar surface area (TPSA) is 77.7 Å². The molecule has 1 amide bonds. The van der Waals surface area contributed by atoms with E-state index in [0.29, 0.717) is 23.7 Å². The molecule has 4 aromatic rings. The maximum atomic E-state index is 12.7. The molecule has 0 aliphatic heterocycles. The molecule has 0 saturated carbocycles. The maximum Gasteiger partial charge on any atom is 0.270 e. The summed E-state index contributed by atoms with van der Waals surface area (Å²) in [5, 5.41) is 1.47. The molecule has 0 radical (unpaired) electrons. The molecule has 4 heterocycles. The van der Waals surface area contributed by atoms with Crippen molar-refractivity contribution in [3.63, 3.8) is 0 Å². The van der Waals surface area contributed by atoms with Crippen molar-refractivity contribution in [2.24, 2.45) is 0 Å². The number of hydrogen-bond acceptors (Lipinski definition) is 3. The Bertz CT molecular complexity index is 1100. The summed E-state index contributed by atoms with van der Waals surface area (Å²) in [5.74, 6) is -0.0762. The van der Waals surface area contributed by atoms with Gasteiger partial charge in [-0.1, -0.05) is 17.7 Å². The van der Waals surface area contributed by atoms with Gasteiger partial charge in [-0.3, -0.25) is 9.78 Å². The fraction of sp³-hybridized carbons (Fsp3) is 0.150. The van der Waals surface area contributed by atoms with Crippen LogP contribution in [0.2, 0.25) is 5.02 Å². The van der Waals surface area contributed by atoms with Crippen molar-refractivity contribution in [3.05, 3.63) is 71.5 Å². The third-order valence-corrected chi connectivity index (χ3v) is 4.81. The zero-order valence-electron chi connectivity index (χ0n) is 14.7. The van der Waals surface area contributed by atoms with Crippen LogP contribution in [0.25, 0.3) is 22.2 Å². The second-order valence-corrected chi connectivity index (χ2v) is 6.73. The molecule has 0 unspecified atom stereocenters. The van der Waals surface area contributed by atoms with E-state index in [0.717, 1.165) is 27.9 Å². The van der Waals surface area contributed by atoms with Crippen LogP contribution in [0.5, 0.6) is 0 Å². The molecule has 27 heavy (non-hydrogen) atoms. The molecule has 0 spiro atoms. The molecular formula is C20H22ClN5O. The van der Waals surface area contributed by atoms with E-state index in [4.69, 9.17) is 11.6 Å². The minimum atomic E-state index is -0.0762. The van der Waals surface area contributed by atoms with Crippen LogP contribution >= 0.6 is 11.6 Å². The number of pyridine rings is 2. The fourth-order valence-electron chi connectivity index (χ4n) is 3.07. The standard InChI is InChI=1S/C20H18ClN5O.2H2/c1-26(9-6-14-4-2-3-7-22-14)20(27)17-10-13(11-24-17)18-15-5-8-23-19(15)25-12-16(18)21;;/h2-5,7-8,10-12,24H,6,9H2,1H3,(H,23,25);2*1H. The van der Waals surface area contributed by atoms with Crippen LogP contribution in [0.1, 0.15) is 19.0 Å². The number of halogens is 1. The van der Waals surface area contributed by atoms with Gasteiger partial charge in [0.05, 0.1) is 5.02 Å². The van der Waals surface area contributed by atoms with Crippen LogP contribution in [0.4, 0.5) is 0 Å². The van der Waals surface area contributed by atoms with Crippen molar-refractivity contribution >= 4 is 28.5 Å². The number of rotatable bonds is 5. The molecule has 0 fully saturated rings. The van der Waals surface area contributed by atoms with Gasteiger partial charge in [-0.15, -0.1) is 0 Å². The van der Waals surface area contributed by atoms with Crippen LogP contribution in [0, 0.1) is 0 Å². The van der Waals surface area contributed by atoms with E-state index < -0.39 is 0 Å². The van der Waals surface area contributed by atoms with Crippen LogP contribution in [-0.2, 0) is 6.42 Å². The summed E-state index contributed by atoms with van der Waals surface area (Å²) in [6.45, 7) is 0.586. The molecule has 0 bridgehead atoms. The summed E-state index contributed by atoms with van der Waals surface area (Å²) in [4.78, 5) is 29.1. The second kappa shape index (κ2) is 7.25. The number of nitrogens with one attached hydrogen (secondary N) is 2. The SMILES string of the molecule is CN(CCc1ccccn1)C(=O)c1cc(-c2c(Cl)cnc3[nH]ccc23)c[nH]1.[HH].[HH]. The summed E-state index contributed by atoms with van der Waals surface area (Å²) in [5.41, 5.74) is 3.95. The summed E-state index contributed by atoms with van der Waals surface area (Å²) >= 11 is 6.37. The van der Waals surface area contributed by atoms with E-state index in [2.05, 4.69) is 19.9 Å². The lowest BCUT2D eigenvalue weighted by Crippen LogP contribution is -2.29. The lowest BCUT2D eigenvalue weighted by atomic mass is 10.1. The van der Waals surface area contributed by atoms with Crippen LogP contribution < -0.4 is 0 Å². The number of carbonyl (C=O) groups is 1. The third kappa shape index (κ3) is 3.44. The van der Waals surface area contributed by atoms with Gasteiger partial charge >= 0.3 is 0 Å². The first-order chi connectivity index (χ1) is 13.1. The zero-order chi connectivity index (χ0) is 18.8. The van der Waals surface area contributed by atoms with E-state index >= 15 is 0 Å². The highest BCUT2D eigenvalue weighted by Gasteiger charge is 2.17. The predicted octanol–water partition coefficient (Wildman–Crippen LogP) is 4.41. The van der Waals surface area contributed by atoms with Crippen molar-refractivity contribution in [1.82, 2.24) is 24.8 Å². The Morgan fingerprint density at radius 3 is 2.96 bits per heavy atom. The molecule has 7 heteroatoms. The van der Waals surface area contributed by atoms with Crippen molar-refractivity contribution in [2.75, 3.05) is 13.6 Å². The number of aromatic nitrogens is 4. The third-order valence-electron chi connectivity index (χ3n) is 4.52. The number of hydrogen-bond donors (Lipinski definition) is 2. The van der Waals surface area contributed by atoms with Crippen LogP contribution in [0.3, 0.4) is 0 Å². The monoisotopic (exact) mass is 383 g/mol. The Labute approximate surface area is 164 Å². The first kappa shape index (κ1) is 17.3. The molecular weight excluding hydrogens is 362 g/mol. The highest BCUT2D eigenvalue weighted by Crippen LogP contribution is 2.34. The highest BCUT2D eigenvalue weighted by molar-refractivity contribution is 6.34. The number of aromatic amines is 2. The Hall–Kier alpha value is -3.12. The van der Waals surface area contributed by atoms with E-state index in [1.54, 1.807) is 30.5 Å². The van der Waals surface area contributed by atoms with Gasteiger partial charge < -0.3 is 14.9 Å². The molecule has 4 aromatic heterocycles. The number of likely N-dealkylation sites (N-methyl/N-ethyl adjacent to an activating group) is 1. The molecule has 0 atom stereocenters. The second-order valence-electron chi connectivity index (χ2n) is 6.32. The first-order valence-electron chi connectivity index (χ1n) is 8.59. The Morgan fingerprint density at radius 1 is 1.26 bits per heavy atom. The lowest BCUT2D eigenvalue weighted by molar-refractivity contribution is 0.0791. The minimum absolute atomic E-state index is 0. The van der Waals surface area contributed by atoms with Crippen LogP contribution in [-0.4, -0.2) is 44.3 Å². The van der Waals surface area contributed by atoms with Gasteiger partial charge in [0.1, 0.15) is 11.3 Å². The van der Waals surface area contributed by atoms with Crippen LogP contribution in [0.15, 0.2) is 55.1 Å². The summed E-state index contributed by atoms with van der Waals surface area (Å²) in [6.07, 6.45) is 7.70. The zero-order valence-corrected chi connectivity index (χ0v) is 15.5. The summed E-state index contributed by atoms with van der Waals surface area (Å²) in [6, 6.07) is 9.54. The van der Waals surface area contributed by atoms with Gasteiger partial charge in [0, 0.05) is 69.9 Å². The molecule has 0 aliphatic rings. The molecule has 6 nitrogen and oxygen atoms in total. The van der Waals surface area contributed by atoms with Gasteiger partial charge in [-0.25, -0.2) is 4.98 Å². The molecule has 0 saturated heterocycles. The van der Waals surface area contributed by atoms with Crippen molar-refractivity contribution in [2.45, 2.75) is 6.42 Å². The minimum Gasteiger partial charge on any atom is -0.357 e. The number of nitrogens with zero attached hydrogens (tertiary/aromatic N) is 3. The van der Waals surface area contributed by atoms with Crippen molar-refractivity contribution in [1.29, 1.82) is 0 Å². The van der Waals surface area contributed by atoms with E-state index in [1.165, 1.54) is 0 Å². The Balaban J connectivity index is 0.00000150. The number of carbonyl (C=O) groups excluding carboxylic acids is 1. The molecule has 4 rings (SSSR count). The number of H-pyrrole nitrogens is 2. The molecule has 2 N–H and O–H groups in total. The van der Waals surface area contributed by atoms with Gasteiger partial charge in [0.2, 0.25) is 0 Å². The van der Waals surface area contributed by atoms with Crippen molar-refractivity contribution < 1.29 is 7.65 Å². The average Bonchev–Trinajstić information content (AvgIpc) is 3.36. The van der Waals surface area contributed by atoms with Gasteiger partial charge in [-0.2, -0.15) is 0 Å². The normalized spacial score (nSPS) is 11.0. The lowest BCUT2D eigenvalue weighted by Gasteiger charge is -2.15. The number of amides is 1. The first-order valence-corrected chi connectivity index (χ1v) is 8.97. The maximum absolute atomic E-state index is 12.7. The quantitative estimate of drug-likeness (QED) is 0.535. The Kier molecular flexibility index (Phi) is 4.64. The average molecular weight is 384 g/mol. The highest BCUT2D eigenvalue weighted by atomic mass is 35.5. The largest absolute Gasteiger partial charge is 0.357 e. The van der Waals surface area contributed by atoms with Crippen molar-refractivity contribution in [3.8, 4) is 11.1 Å². The van der Waals surface area contributed by atoms with E-state index in [-0.39, 0.29) is 8.76 Å². The van der Waals surface area contributed by atoms with Gasteiger partial charge in [0.25, 0.3) is 5.91 Å². The summed E-state index contributed by atoms with van der Waals surface area (Å²) < 4.78 is 0. The number of fused-ring (bicyclic) bond motifs is 1. The smallest absolute Gasteiger partial charge is 0.270 e. The fourth-order valence-corrected chi connectivity index (χ4v) is 3.33. The summed E-state index contributed by atoms with van der Waals surface area (Å²) in [7, 11) is 1.79. The molecule has 0 aliphatic carbocycles. The Morgan fingerprint density at radius 2 is 2.15 bits per heavy atom. The molecule has 140 valence electrons. The van der Waals surface area contributed by atoms with E-state index in [1.807, 2.05) is 36.5 Å².